The maximum Gasteiger partial charge on any atom is 0.0696 e. The number of rotatable bonds is 10. The summed E-state index contributed by atoms with van der Waals surface area (Å²) in [6, 6.07) is 0.272. The van der Waals surface area contributed by atoms with E-state index in [0.29, 0.717) is 6.61 Å². The highest BCUT2D eigenvalue weighted by Gasteiger charge is 2.18. The molecule has 0 aromatic carbocycles. The first kappa shape index (κ1) is 16.6. The Labute approximate surface area is 123 Å². The highest BCUT2D eigenvalue weighted by Crippen LogP contribution is 2.26. The van der Waals surface area contributed by atoms with Crippen LogP contribution < -0.4 is 5.32 Å². The van der Waals surface area contributed by atoms with Crippen LogP contribution in [0.5, 0.6) is 0 Å². The van der Waals surface area contributed by atoms with Gasteiger partial charge in [-0.15, -0.1) is 0 Å². The molecular weight excluding hydrogens is 310 g/mol. The van der Waals surface area contributed by atoms with Crippen LogP contribution in [0.3, 0.4) is 0 Å². The lowest BCUT2D eigenvalue weighted by atomic mass is 10.1. The van der Waals surface area contributed by atoms with Crippen LogP contribution >= 0.6 is 15.9 Å². The lowest BCUT2D eigenvalue weighted by molar-refractivity contribution is 0.140. The van der Waals surface area contributed by atoms with Gasteiger partial charge in [-0.1, -0.05) is 0 Å². The van der Waals surface area contributed by atoms with E-state index in [-0.39, 0.29) is 6.04 Å². The molecule has 1 atom stereocenters. The van der Waals surface area contributed by atoms with Crippen molar-refractivity contribution in [2.24, 2.45) is 0 Å². The van der Waals surface area contributed by atoms with Crippen LogP contribution in [-0.2, 0) is 16.0 Å². The van der Waals surface area contributed by atoms with Crippen molar-refractivity contribution in [2.45, 2.75) is 32.4 Å². The summed E-state index contributed by atoms with van der Waals surface area (Å²) >= 11 is 3.58. The van der Waals surface area contributed by atoms with Crippen LogP contribution in [0.2, 0.25) is 0 Å². The lowest BCUT2D eigenvalue weighted by Gasteiger charge is -2.18. The molecular formula is C13H24BrN3O2. The average Bonchev–Trinajstić information content (AvgIpc) is 2.78. The minimum Gasteiger partial charge on any atom is -0.383 e. The maximum absolute atomic E-state index is 5.39. The fourth-order valence-electron chi connectivity index (χ4n) is 2.03. The summed E-state index contributed by atoms with van der Waals surface area (Å²) in [4.78, 5) is 0. The maximum atomic E-state index is 5.39. The molecule has 0 amide bonds. The van der Waals surface area contributed by atoms with Crippen LogP contribution in [-0.4, -0.2) is 43.8 Å². The molecule has 1 aromatic heterocycles. The smallest absolute Gasteiger partial charge is 0.0696 e. The second-order valence-corrected chi connectivity index (χ2v) is 5.13. The molecule has 0 saturated heterocycles. The number of ether oxygens (including phenoxy) is 2. The largest absolute Gasteiger partial charge is 0.383 e. The lowest BCUT2D eigenvalue weighted by Crippen LogP contribution is -2.22. The van der Waals surface area contributed by atoms with Crippen molar-refractivity contribution in [3.63, 3.8) is 0 Å². The number of hydrogen-bond donors (Lipinski definition) is 1. The number of nitrogens with zero attached hydrogens (tertiary/aromatic N) is 2. The third-order valence-corrected chi connectivity index (χ3v) is 3.62. The predicted molar refractivity (Wildman–Crippen MR) is 79.3 cm³/mol. The van der Waals surface area contributed by atoms with Gasteiger partial charge < -0.3 is 14.8 Å². The highest BCUT2D eigenvalue weighted by molar-refractivity contribution is 9.10. The Morgan fingerprint density at radius 2 is 2.26 bits per heavy atom. The molecule has 0 aliphatic heterocycles. The molecule has 0 bridgehead atoms. The molecule has 1 heterocycles. The van der Waals surface area contributed by atoms with E-state index in [0.717, 1.165) is 37.1 Å². The molecule has 0 saturated carbocycles. The summed E-state index contributed by atoms with van der Waals surface area (Å²) in [7, 11) is 3.68. The van der Waals surface area contributed by atoms with Gasteiger partial charge in [-0.05, 0) is 42.7 Å². The van der Waals surface area contributed by atoms with Crippen molar-refractivity contribution in [3.05, 3.63) is 16.4 Å². The SMILES string of the molecule is CCOCCCC(NC)c1c(Br)cnn1CCOC. The van der Waals surface area contributed by atoms with Crippen molar-refractivity contribution < 1.29 is 9.47 Å². The Balaban J connectivity index is 2.65. The van der Waals surface area contributed by atoms with E-state index >= 15 is 0 Å². The number of aromatic nitrogens is 2. The molecule has 19 heavy (non-hydrogen) atoms. The van der Waals surface area contributed by atoms with E-state index in [9.17, 15) is 0 Å². The standard InChI is InChI=1S/C13H24BrN3O2/c1-4-19-8-5-6-12(15-2)13-11(14)10-16-17(13)7-9-18-3/h10,12,15H,4-9H2,1-3H3. The Hall–Kier alpha value is -0.430. The number of halogens is 1. The third-order valence-electron chi connectivity index (χ3n) is 3.00. The summed E-state index contributed by atoms with van der Waals surface area (Å²) in [5.74, 6) is 0. The first-order valence-electron chi connectivity index (χ1n) is 6.69. The zero-order valence-corrected chi connectivity index (χ0v) is 13.6. The van der Waals surface area contributed by atoms with E-state index < -0.39 is 0 Å². The van der Waals surface area contributed by atoms with Gasteiger partial charge in [0.25, 0.3) is 0 Å². The normalized spacial score (nSPS) is 12.8. The zero-order chi connectivity index (χ0) is 14.1. The van der Waals surface area contributed by atoms with Crippen molar-refractivity contribution in [3.8, 4) is 0 Å². The molecule has 1 unspecified atom stereocenters. The van der Waals surface area contributed by atoms with Crippen LogP contribution in [0.15, 0.2) is 10.7 Å². The minimum absolute atomic E-state index is 0.272. The second kappa shape index (κ2) is 9.47. The Morgan fingerprint density at radius 1 is 1.47 bits per heavy atom. The van der Waals surface area contributed by atoms with E-state index in [1.807, 2.05) is 24.9 Å². The first-order valence-corrected chi connectivity index (χ1v) is 7.49. The molecule has 1 rings (SSSR count). The van der Waals surface area contributed by atoms with Gasteiger partial charge in [-0.25, -0.2) is 0 Å². The van der Waals surface area contributed by atoms with Gasteiger partial charge in [0, 0.05) is 20.3 Å². The summed E-state index contributed by atoms with van der Waals surface area (Å²) in [6.07, 6.45) is 3.90. The van der Waals surface area contributed by atoms with E-state index in [1.165, 1.54) is 5.69 Å². The quantitative estimate of drug-likeness (QED) is 0.668. The number of nitrogens with one attached hydrogen (secondary N) is 1. The second-order valence-electron chi connectivity index (χ2n) is 4.27. The highest BCUT2D eigenvalue weighted by atomic mass is 79.9. The van der Waals surface area contributed by atoms with Gasteiger partial charge in [0.2, 0.25) is 0 Å². The van der Waals surface area contributed by atoms with Crippen LogP contribution in [0.1, 0.15) is 31.5 Å². The molecule has 1 N–H and O–H groups in total. The van der Waals surface area contributed by atoms with Crippen molar-refractivity contribution in [1.82, 2.24) is 15.1 Å². The van der Waals surface area contributed by atoms with Crippen LogP contribution in [0.25, 0.3) is 0 Å². The Kier molecular flexibility index (Phi) is 8.29. The molecule has 0 spiro atoms. The fourth-order valence-corrected chi connectivity index (χ4v) is 2.60. The molecule has 0 radical (unpaired) electrons. The van der Waals surface area contributed by atoms with Crippen molar-refractivity contribution in [2.75, 3.05) is 34.0 Å². The van der Waals surface area contributed by atoms with E-state index in [4.69, 9.17) is 9.47 Å². The molecule has 5 nitrogen and oxygen atoms in total. The van der Waals surface area contributed by atoms with Gasteiger partial charge in [0.05, 0.1) is 35.6 Å². The molecule has 0 fully saturated rings. The van der Waals surface area contributed by atoms with Crippen LogP contribution in [0, 0.1) is 0 Å². The molecule has 110 valence electrons. The number of hydrogen-bond acceptors (Lipinski definition) is 4. The first-order chi connectivity index (χ1) is 9.24. The van der Waals surface area contributed by atoms with Gasteiger partial charge in [-0.2, -0.15) is 5.10 Å². The minimum atomic E-state index is 0.272. The fraction of sp³-hybridized carbons (Fsp3) is 0.769. The topological polar surface area (TPSA) is 48.3 Å². The Bertz CT molecular complexity index is 358. The summed E-state index contributed by atoms with van der Waals surface area (Å²) in [5, 5.41) is 7.74. The molecule has 6 heteroatoms. The predicted octanol–water partition coefficient (Wildman–Crippen LogP) is 2.37. The van der Waals surface area contributed by atoms with E-state index in [2.05, 4.69) is 26.3 Å². The summed E-state index contributed by atoms with van der Waals surface area (Å²) in [6.45, 7) is 5.03. The van der Waals surface area contributed by atoms with Gasteiger partial charge in [0.15, 0.2) is 0 Å². The average molecular weight is 334 g/mol. The van der Waals surface area contributed by atoms with Crippen molar-refractivity contribution >= 4 is 15.9 Å². The molecule has 1 aromatic rings. The Morgan fingerprint density at radius 3 is 2.89 bits per heavy atom. The monoisotopic (exact) mass is 333 g/mol. The van der Waals surface area contributed by atoms with Gasteiger partial charge in [-0.3, -0.25) is 4.68 Å². The molecule has 0 aliphatic rings. The summed E-state index contributed by atoms with van der Waals surface area (Å²) in [5.41, 5.74) is 1.18. The van der Waals surface area contributed by atoms with Gasteiger partial charge >= 0.3 is 0 Å². The summed E-state index contributed by atoms with van der Waals surface area (Å²) < 4.78 is 13.5. The zero-order valence-electron chi connectivity index (χ0n) is 12.0. The number of methoxy groups -OCH3 is 1. The van der Waals surface area contributed by atoms with Crippen molar-refractivity contribution in [1.29, 1.82) is 0 Å². The van der Waals surface area contributed by atoms with Gasteiger partial charge in [0.1, 0.15) is 0 Å². The molecule has 0 aliphatic carbocycles. The van der Waals surface area contributed by atoms with E-state index in [1.54, 1.807) is 7.11 Å². The third kappa shape index (κ3) is 5.22. The van der Waals surface area contributed by atoms with Crippen LogP contribution in [0.4, 0.5) is 0 Å².